The number of carbonyl (C=O) groups is 1. The monoisotopic (exact) mass is 346 g/mol. The Morgan fingerprint density at radius 3 is 2.62 bits per heavy atom. The number of nitrogens with one attached hydrogen (secondary N) is 1. The van der Waals surface area contributed by atoms with Crippen molar-refractivity contribution >= 4 is 22.5 Å². The fourth-order valence-electron chi connectivity index (χ4n) is 2.58. The topological polar surface area (TPSA) is 94.7 Å². The summed E-state index contributed by atoms with van der Waals surface area (Å²) in [5.41, 5.74) is 1.65. The lowest BCUT2D eigenvalue weighted by Gasteiger charge is -2.08. The van der Waals surface area contributed by atoms with E-state index in [2.05, 4.69) is 20.7 Å². The van der Waals surface area contributed by atoms with Crippen LogP contribution in [0.5, 0.6) is 0 Å². The van der Waals surface area contributed by atoms with Gasteiger partial charge in [-0.3, -0.25) is 9.59 Å². The van der Waals surface area contributed by atoms with Crippen molar-refractivity contribution in [2.75, 3.05) is 5.32 Å². The quantitative estimate of drug-likeness (QED) is 0.606. The first-order valence-corrected chi connectivity index (χ1v) is 7.93. The lowest BCUT2D eigenvalue weighted by atomic mass is 10.2. The maximum absolute atomic E-state index is 12.4. The van der Waals surface area contributed by atoms with Crippen LogP contribution in [0, 0.1) is 0 Å². The van der Waals surface area contributed by atoms with Gasteiger partial charge in [-0.05, 0) is 42.5 Å². The third-order valence-corrected chi connectivity index (χ3v) is 3.84. The number of hydrogen-bond donors (Lipinski definition) is 1. The molecule has 0 aliphatic heterocycles. The van der Waals surface area contributed by atoms with Gasteiger partial charge in [0.2, 0.25) is 5.91 Å². The summed E-state index contributed by atoms with van der Waals surface area (Å²) in [6.45, 7) is -0.211. The van der Waals surface area contributed by atoms with E-state index in [4.69, 9.17) is 0 Å². The molecule has 0 aliphatic rings. The Hall–Kier alpha value is -3.81. The standard InChI is InChI=1S/C18H14N6O2/c25-17(12-24-18(26)15-4-1-2-5-16(15)21-22-24)20-13-6-8-14(9-7-13)23-11-3-10-19-23/h1-11H,12H2,(H,20,25). The van der Waals surface area contributed by atoms with Crippen LogP contribution < -0.4 is 10.9 Å². The molecule has 0 bridgehead atoms. The highest BCUT2D eigenvalue weighted by molar-refractivity contribution is 5.90. The molecule has 2 heterocycles. The Bertz CT molecular complexity index is 1120. The Kier molecular flexibility index (Phi) is 3.98. The molecule has 8 heteroatoms. The molecule has 0 spiro atoms. The van der Waals surface area contributed by atoms with Crippen LogP contribution in [0.1, 0.15) is 0 Å². The summed E-state index contributed by atoms with van der Waals surface area (Å²) < 4.78 is 2.77. The largest absolute Gasteiger partial charge is 0.324 e. The number of amides is 1. The Morgan fingerprint density at radius 2 is 1.85 bits per heavy atom. The van der Waals surface area contributed by atoms with E-state index in [1.807, 2.05) is 24.4 Å². The molecule has 2 aromatic carbocycles. The second kappa shape index (κ2) is 6.60. The van der Waals surface area contributed by atoms with Gasteiger partial charge in [0.15, 0.2) is 0 Å². The molecule has 0 saturated carbocycles. The fraction of sp³-hybridized carbons (Fsp3) is 0.0556. The minimum atomic E-state index is -0.358. The molecule has 26 heavy (non-hydrogen) atoms. The highest BCUT2D eigenvalue weighted by Crippen LogP contribution is 2.12. The zero-order valence-corrected chi connectivity index (χ0v) is 13.6. The van der Waals surface area contributed by atoms with Crippen molar-refractivity contribution in [3.8, 4) is 5.69 Å². The van der Waals surface area contributed by atoms with Crippen LogP contribution in [-0.4, -0.2) is 30.7 Å². The second-order valence-electron chi connectivity index (χ2n) is 5.62. The molecular weight excluding hydrogens is 332 g/mol. The zero-order chi connectivity index (χ0) is 17.9. The van der Waals surface area contributed by atoms with Crippen LogP contribution in [0.2, 0.25) is 0 Å². The van der Waals surface area contributed by atoms with E-state index >= 15 is 0 Å². The molecule has 8 nitrogen and oxygen atoms in total. The number of nitrogens with zero attached hydrogens (tertiary/aromatic N) is 5. The predicted molar refractivity (Wildman–Crippen MR) is 96.0 cm³/mol. The van der Waals surface area contributed by atoms with Crippen molar-refractivity contribution in [3.63, 3.8) is 0 Å². The van der Waals surface area contributed by atoms with Gasteiger partial charge < -0.3 is 5.32 Å². The number of hydrogen-bond acceptors (Lipinski definition) is 5. The summed E-state index contributed by atoms with van der Waals surface area (Å²) in [6.07, 6.45) is 3.52. The molecule has 0 radical (unpaired) electrons. The van der Waals surface area contributed by atoms with Crippen molar-refractivity contribution in [3.05, 3.63) is 77.3 Å². The summed E-state index contributed by atoms with van der Waals surface area (Å²) >= 11 is 0. The van der Waals surface area contributed by atoms with Crippen LogP contribution in [0.4, 0.5) is 5.69 Å². The van der Waals surface area contributed by atoms with Crippen LogP contribution >= 0.6 is 0 Å². The molecule has 128 valence electrons. The summed E-state index contributed by atoms with van der Waals surface area (Å²) in [6, 6.07) is 15.9. The smallest absolute Gasteiger partial charge is 0.278 e. The van der Waals surface area contributed by atoms with E-state index < -0.39 is 0 Å². The normalized spacial score (nSPS) is 10.8. The molecule has 2 aromatic heterocycles. The molecule has 0 fully saturated rings. The van der Waals surface area contributed by atoms with Crippen molar-refractivity contribution in [2.45, 2.75) is 6.54 Å². The maximum atomic E-state index is 12.4. The van der Waals surface area contributed by atoms with E-state index in [0.29, 0.717) is 16.6 Å². The number of anilines is 1. The first-order valence-electron chi connectivity index (χ1n) is 7.93. The number of carbonyl (C=O) groups excluding carboxylic acids is 1. The molecule has 0 saturated heterocycles. The van der Waals surface area contributed by atoms with E-state index in [1.165, 1.54) is 0 Å². The fourth-order valence-corrected chi connectivity index (χ4v) is 2.58. The maximum Gasteiger partial charge on any atom is 0.278 e. The lowest BCUT2D eigenvalue weighted by Crippen LogP contribution is -2.30. The van der Waals surface area contributed by atoms with E-state index in [9.17, 15) is 9.59 Å². The molecule has 4 rings (SSSR count). The summed E-state index contributed by atoms with van der Waals surface area (Å²) in [7, 11) is 0. The minimum Gasteiger partial charge on any atom is -0.324 e. The van der Waals surface area contributed by atoms with Crippen LogP contribution in [0.15, 0.2) is 71.8 Å². The van der Waals surface area contributed by atoms with E-state index in [1.54, 1.807) is 47.3 Å². The van der Waals surface area contributed by atoms with E-state index in [0.717, 1.165) is 10.4 Å². The second-order valence-corrected chi connectivity index (χ2v) is 5.62. The lowest BCUT2D eigenvalue weighted by molar-refractivity contribution is -0.117. The molecule has 4 aromatic rings. The molecule has 1 N–H and O–H groups in total. The third-order valence-electron chi connectivity index (χ3n) is 3.84. The molecule has 1 amide bonds. The van der Waals surface area contributed by atoms with Gasteiger partial charge in [0.1, 0.15) is 12.1 Å². The third kappa shape index (κ3) is 3.07. The number of rotatable bonds is 4. The van der Waals surface area contributed by atoms with Gasteiger partial charge in [-0.25, -0.2) is 9.36 Å². The van der Waals surface area contributed by atoms with Crippen molar-refractivity contribution in [1.29, 1.82) is 0 Å². The first-order chi connectivity index (χ1) is 12.7. The van der Waals surface area contributed by atoms with Crippen LogP contribution in [0.3, 0.4) is 0 Å². The Balaban J connectivity index is 1.49. The SMILES string of the molecule is O=C(Cn1nnc2ccccc2c1=O)Nc1ccc(-n2cccn2)cc1. The highest BCUT2D eigenvalue weighted by Gasteiger charge is 2.09. The number of fused-ring (bicyclic) bond motifs is 1. The predicted octanol–water partition coefficient (Wildman–Crippen LogP) is 1.62. The van der Waals surface area contributed by atoms with Crippen LogP contribution in [-0.2, 0) is 11.3 Å². The van der Waals surface area contributed by atoms with Crippen molar-refractivity contribution in [1.82, 2.24) is 24.8 Å². The average molecular weight is 346 g/mol. The van der Waals surface area contributed by atoms with Crippen molar-refractivity contribution < 1.29 is 4.79 Å². The van der Waals surface area contributed by atoms with Gasteiger partial charge >= 0.3 is 0 Å². The van der Waals surface area contributed by atoms with Gasteiger partial charge in [0.25, 0.3) is 5.56 Å². The first kappa shape index (κ1) is 15.7. The Labute approximate surface area is 147 Å². The van der Waals surface area contributed by atoms with Gasteiger partial charge in [0, 0.05) is 18.1 Å². The van der Waals surface area contributed by atoms with Crippen LogP contribution in [0.25, 0.3) is 16.6 Å². The van der Waals surface area contributed by atoms with Gasteiger partial charge in [-0.15, -0.1) is 5.10 Å². The summed E-state index contributed by atoms with van der Waals surface area (Å²) in [5.74, 6) is -0.358. The molecule has 0 unspecified atom stereocenters. The Morgan fingerprint density at radius 1 is 1.04 bits per heavy atom. The molecular formula is C18H14N6O2. The van der Waals surface area contributed by atoms with Gasteiger partial charge in [0.05, 0.1) is 11.1 Å². The number of aromatic nitrogens is 5. The van der Waals surface area contributed by atoms with Crippen molar-refractivity contribution in [2.24, 2.45) is 0 Å². The van der Waals surface area contributed by atoms with Gasteiger partial charge in [-0.1, -0.05) is 17.3 Å². The summed E-state index contributed by atoms with van der Waals surface area (Å²) in [5, 5.41) is 15.1. The highest BCUT2D eigenvalue weighted by atomic mass is 16.2. The van der Waals surface area contributed by atoms with E-state index in [-0.39, 0.29) is 18.0 Å². The molecule has 0 atom stereocenters. The molecule has 0 aliphatic carbocycles. The average Bonchev–Trinajstić information content (AvgIpc) is 3.20. The van der Waals surface area contributed by atoms with Gasteiger partial charge in [-0.2, -0.15) is 5.10 Å². The minimum absolute atomic E-state index is 0.211. The number of benzene rings is 2. The zero-order valence-electron chi connectivity index (χ0n) is 13.6. The summed E-state index contributed by atoms with van der Waals surface area (Å²) in [4.78, 5) is 24.6.